The summed E-state index contributed by atoms with van der Waals surface area (Å²) in [4.78, 5) is 26.8. The van der Waals surface area contributed by atoms with E-state index in [-0.39, 0.29) is 24.1 Å². The van der Waals surface area contributed by atoms with Crippen molar-refractivity contribution in [1.29, 1.82) is 0 Å². The van der Waals surface area contributed by atoms with Crippen LogP contribution in [0.1, 0.15) is 44.4 Å². The van der Waals surface area contributed by atoms with E-state index in [1.165, 1.54) is 16.0 Å². The van der Waals surface area contributed by atoms with Crippen LogP contribution in [0.3, 0.4) is 0 Å². The molecule has 3 aromatic heterocycles. The highest BCUT2D eigenvalue weighted by molar-refractivity contribution is 7.20. The molecule has 1 aliphatic carbocycles. The van der Waals surface area contributed by atoms with Crippen molar-refractivity contribution in [2.45, 2.75) is 65.6 Å². The standard InChI is InChI=1S/C20H26N4O2S/c1-4-23-16-9-13(3)27-19(16)14-10-21-24(20(26)18(14)23)11-17(25)22-15-8-6-5-7-12(15)2/h9-10,12,15H,4-8,11H2,1-3H3,(H,22,25). The van der Waals surface area contributed by atoms with Gasteiger partial charge in [-0.25, -0.2) is 4.68 Å². The number of carbonyl (C=O) groups excluding carboxylic acids is 1. The Morgan fingerprint density at radius 3 is 2.89 bits per heavy atom. The van der Waals surface area contributed by atoms with Crippen molar-refractivity contribution in [2.24, 2.45) is 5.92 Å². The number of aryl methyl sites for hydroxylation is 2. The Labute approximate surface area is 162 Å². The highest BCUT2D eigenvalue weighted by atomic mass is 32.1. The van der Waals surface area contributed by atoms with E-state index in [4.69, 9.17) is 0 Å². The Bertz CT molecular complexity index is 1060. The summed E-state index contributed by atoms with van der Waals surface area (Å²) in [5.41, 5.74) is 1.53. The smallest absolute Gasteiger partial charge is 0.291 e. The van der Waals surface area contributed by atoms with Gasteiger partial charge in [-0.3, -0.25) is 9.59 Å². The fraction of sp³-hybridized carbons (Fsp3) is 0.550. The molecule has 27 heavy (non-hydrogen) atoms. The monoisotopic (exact) mass is 386 g/mol. The first-order valence-electron chi connectivity index (χ1n) is 9.77. The molecule has 0 radical (unpaired) electrons. The molecule has 0 aromatic carbocycles. The quantitative estimate of drug-likeness (QED) is 0.747. The maximum atomic E-state index is 13.1. The summed E-state index contributed by atoms with van der Waals surface area (Å²) in [6.45, 7) is 6.97. The molecule has 3 heterocycles. The molecule has 2 unspecified atom stereocenters. The van der Waals surface area contributed by atoms with E-state index in [1.54, 1.807) is 17.5 Å². The van der Waals surface area contributed by atoms with Gasteiger partial charge in [0.15, 0.2) is 0 Å². The molecule has 0 aliphatic heterocycles. The van der Waals surface area contributed by atoms with E-state index in [0.29, 0.717) is 18.0 Å². The van der Waals surface area contributed by atoms with Gasteiger partial charge in [0, 0.05) is 22.8 Å². The van der Waals surface area contributed by atoms with Crippen LogP contribution in [0.15, 0.2) is 17.1 Å². The first-order valence-corrected chi connectivity index (χ1v) is 10.6. The molecular weight excluding hydrogens is 360 g/mol. The molecule has 3 aromatic rings. The second kappa shape index (κ2) is 7.11. The Balaban J connectivity index is 1.65. The van der Waals surface area contributed by atoms with E-state index in [2.05, 4.69) is 30.3 Å². The fourth-order valence-electron chi connectivity index (χ4n) is 4.28. The molecule has 0 saturated heterocycles. The molecule has 4 rings (SSSR count). The molecule has 6 nitrogen and oxygen atoms in total. The third-order valence-corrected chi connectivity index (χ3v) is 6.80. The number of thiophene rings is 1. The zero-order valence-electron chi connectivity index (χ0n) is 16.1. The van der Waals surface area contributed by atoms with Crippen molar-refractivity contribution in [3.8, 4) is 0 Å². The van der Waals surface area contributed by atoms with Crippen molar-refractivity contribution >= 4 is 38.4 Å². The number of carbonyl (C=O) groups is 1. The van der Waals surface area contributed by atoms with E-state index in [0.717, 1.165) is 34.9 Å². The van der Waals surface area contributed by atoms with E-state index in [1.807, 2.05) is 11.5 Å². The SMILES string of the molecule is CCn1c2cc(C)sc2c2cnn(CC(=O)NC3CCCCC3C)c(=O)c21. The second-order valence-corrected chi connectivity index (χ2v) is 8.88. The van der Waals surface area contributed by atoms with Crippen LogP contribution in [-0.4, -0.2) is 26.3 Å². The summed E-state index contributed by atoms with van der Waals surface area (Å²) in [6, 6.07) is 2.32. The number of hydrogen-bond acceptors (Lipinski definition) is 4. The third-order valence-electron chi connectivity index (χ3n) is 5.73. The Hall–Kier alpha value is -2.15. The lowest BCUT2D eigenvalue weighted by atomic mass is 9.86. The maximum Gasteiger partial charge on any atom is 0.291 e. The van der Waals surface area contributed by atoms with Crippen molar-refractivity contribution in [1.82, 2.24) is 19.7 Å². The molecule has 1 aliphatic rings. The van der Waals surface area contributed by atoms with Crippen LogP contribution in [0.25, 0.3) is 21.1 Å². The lowest BCUT2D eigenvalue weighted by Crippen LogP contribution is -2.43. The molecule has 7 heteroatoms. The molecule has 1 fully saturated rings. The summed E-state index contributed by atoms with van der Waals surface area (Å²) < 4.78 is 4.44. The van der Waals surface area contributed by atoms with Gasteiger partial charge in [-0.05, 0) is 38.7 Å². The Kier molecular flexibility index (Phi) is 4.80. The first-order chi connectivity index (χ1) is 13.0. The first kappa shape index (κ1) is 18.2. The van der Waals surface area contributed by atoms with Gasteiger partial charge in [-0.15, -0.1) is 11.3 Å². The highest BCUT2D eigenvalue weighted by Gasteiger charge is 2.23. The molecule has 0 spiro atoms. The van der Waals surface area contributed by atoms with Gasteiger partial charge >= 0.3 is 0 Å². The van der Waals surface area contributed by atoms with E-state index in [9.17, 15) is 9.59 Å². The number of nitrogens with one attached hydrogen (secondary N) is 1. The van der Waals surface area contributed by atoms with Crippen LogP contribution in [0.5, 0.6) is 0 Å². The van der Waals surface area contributed by atoms with E-state index < -0.39 is 0 Å². The van der Waals surface area contributed by atoms with Crippen molar-refractivity contribution in [3.05, 3.63) is 27.5 Å². The van der Waals surface area contributed by atoms with Crippen molar-refractivity contribution in [3.63, 3.8) is 0 Å². The Morgan fingerprint density at radius 2 is 2.15 bits per heavy atom. The molecule has 1 saturated carbocycles. The van der Waals surface area contributed by atoms with Gasteiger partial charge in [-0.2, -0.15) is 5.10 Å². The van der Waals surface area contributed by atoms with Crippen LogP contribution in [-0.2, 0) is 17.9 Å². The number of amides is 1. The van der Waals surface area contributed by atoms with Crippen LogP contribution in [0.2, 0.25) is 0 Å². The van der Waals surface area contributed by atoms with Crippen molar-refractivity contribution in [2.75, 3.05) is 0 Å². The van der Waals surface area contributed by atoms with Crippen LogP contribution in [0, 0.1) is 12.8 Å². The average Bonchev–Trinajstić information content (AvgIpc) is 3.14. The van der Waals surface area contributed by atoms with Gasteiger partial charge < -0.3 is 9.88 Å². The number of nitrogens with zero attached hydrogens (tertiary/aromatic N) is 3. The van der Waals surface area contributed by atoms with Crippen LogP contribution >= 0.6 is 11.3 Å². The minimum Gasteiger partial charge on any atom is -0.351 e. The average molecular weight is 387 g/mol. The number of fused-ring (bicyclic) bond motifs is 3. The Morgan fingerprint density at radius 1 is 1.37 bits per heavy atom. The van der Waals surface area contributed by atoms with Gasteiger partial charge in [0.1, 0.15) is 12.1 Å². The van der Waals surface area contributed by atoms with Gasteiger partial charge in [0.05, 0.1) is 16.4 Å². The minimum atomic E-state index is -0.192. The topological polar surface area (TPSA) is 68.9 Å². The molecule has 0 bridgehead atoms. The summed E-state index contributed by atoms with van der Waals surface area (Å²) in [6.07, 6.45) is 6.28. The summed E-state index contributed by atoms with van der Waals surface area (Å²) >= 11 is 1.68. The predicted molar refractivity (Wildman–Crippen MR) is 109 cm³/mol. The van der Waals surface area contributed by atoms with Crippen LogP contribution in [0.4, 0.5) is 0 Å². The molecule has 1 N–H and O–H groups in total. The lowest BCUT2D eigenvalue weighted by molar-refractivity contribution is -0.123. The second-order valence-electron chi connectivity index (χ2n) is 7.62. The normalized spacial score (nSPS) is 20.4. The highest BCUT2D eigenvalue weighted by Crippen LogP contribution is 2.33. The zero-order valence-corrected chi connectivity index (χ0v) is 16.9. The molecular formula is C20H26N4O2S. The maximum absolute atomic E-state index is 13.1. The van der Waals surface area contributed by atoms with E-state index >= 15 is 0 Å². The molecule has 1 amide bonds. The number of hydrogen-bond donors (Lipinski definition) is 1. The third kappa shape index (κ3) is 3.18. The minimum absolute atomic E-state index is 0.0282. The predicted octanol–water partition coefficient (Wildman–Crippen LogP) is 3.44. The summed E-state index contributed by atoms with van der Waals surface area (Å²) in [7, 11) is 0. The fourth-order valence-corrected chi connectivity index (χ4v) is 5.31. The summed E-state index contributed by atoms with van der Waals surface area (Å²) in [5, 5.41) is 8.29. The number of aromatic nitrogens is 3. The number of rotatable bonds is 4. The van der Waals surface area contributed by atoms with Crippen molar-refractivity contribution < 1.29 is 4.79 Å². The van der Waals surface area contributed by atoms with Gasteiger partial charge in [0.25, 0.3) is 5.56 Å². The molecule has 144 valence electrons. The summed E-state index contributed by atoms with van der Waals surface area (Å²) in [5.74, 6) is 0.358. The largest absolute Gasteiger partial charge is 0.351 e. The lowest BCUT2D eigenvalue weighted by Gasteiger charge is -2.29. The van der Waals surface area contributed by atoms with Crippen LogP contribution < -0.4 is 10.9 Å². The zero-order chi connectivity index (χ0) is 19.1. The molecule has 2 atom stereocenters. The van der Waals surface area contributed by atoms with Gasteiger partial charge in [-0.1, -0.05) is 19.8 Å². The van der Waals surface area contributed by atoms with Gasteiger partial charge in [0.2, 0.25) is 5.91 Å².